The minimum Gasteiger partial charge on any atom is -0.390 e. The van der Waals surface area contributed by atoms with E-state index in [1.807, 2.05) is 66.9 Å². The van der Waals surface area contributed by atoms with Crippen molar-refractivity contribution < 1.29 is 23.5 Å². The minimum absolute atomic E-state index is 0.0591. The summed E-state index contributed by atoms with van der Waals surface area (Å²) in [5.41, 5.74) is 4.49. The Morgan fingerprint density at radius 1 is 0.947 bits per heavy atom. The highest BCUT2D eigenvalue weighted by atomic mass is 19.1. The highest BCUT2D eigenvalue weighted by Crippen LogP contribution is 2.42. The second-order valence-corrected chi connectivity index (χ2v) is 9.42. The van der Waals surface area contributed by atoms with Gasteiger partial charge in [0.05, 0.1) is 17.4 Å². The summed E-state index contributed by atoms with van der Waals surface area (Å²) in [5.74, 6) is -0.869. The number of nitrogens with one attached hydrogen (secondary N) is 1. The van der Waals surface area contributed by atoms with Gasteiger partial charge in [0.2, 0.25) is 0 Å². The number of aldehydes is 1. The Kier molecular flexibility index (Phi) is 8.48. The fourth-order valence-electron chi connectivity index (χ4n) is 4.72. The third-order valence-corrected chi connectivity index (χ3v) is 6.44. The van der Waals surface area contributed by atoms with Gasteiger partial charge in [-0.3, -0.25) is 4.79 Å². The molecule has 7 heteroatoms. The van der Waals surface area contributed by atoms with E-state index in [9.17, 15) is 23.5 Å². The predicted octanol–water partition coefficient (Wildman–Crippen LogP) is 6.62. The number of carbonyl (C=O) groups is 2. The molecule has 38 heavy (non-hydrogen) atoms. The Labute approximate surface area is 220 Å². The van der Waals surface area contributed by atoms with Crippen LogP contribution in [0.4, 0.5) is 14.5 Å². The first-order valence-corrected chi connectivity index (χ1v) is 12.5. The monoisotopic (exact) mass is 516 g/mol. The number of halogens is 2. The van der Waals surface area contributed by atoms with Crippen LogP contribution in [0, 0.1) is 5.82 Å². The third kappa shape index (κ3) is 5.73. The molecular formula is C31H30F2N2O3. The second kappa shape index (κ2) is 12.0. The highest BCUT2D eigenvalue weighted by Gasteiger charge is 2.31. The van der Waals surface area contributed by atoms with Gasteiger partial charge in [-0.25, -0.2) is 8.78 Å². The van der Waals surface area contributed by atoms with Crippen LogP contribution in [0.3, 0.4) is 0 Å². The zero-order valence-corrected chi connectivity index (χ0v) is 21.3. The quantitative estimate of drug-likeness (QED) is 0.233. The lowest BCUT2D eigenvalue weighted by atomic mass is 9.94. The Morgan fingerprint density at radius 2 is 1.55 bits per heavy atom. The van der Waals surface area contributed by atoms with Gasteiger partial charge in [-0.2, -0.15) is 0 Å². The summed E-state index contributed by atoms with van der Waals surface area (Å²) in [6.07, 6.45) is -3.50. The van der Waals surface area contributed by atoms with E-state index in [1.54, 1.807) is 24.3 Å². The molecule has 4 rings (SSSR count). The summed E-state index contributed by atoms with van der Waals surface area (Å²) in [6, 6.07) is 24.5. The standard InChI is InChI=1S/C31H30F2N2O3/c1-20(2)29-28(31(38)34-24-11-7-4-8-12-24)27(21-9-5-3-6-10-21)30(22-13-15-23(32)16-14-22)35(29)18-17-26(37)25(33)19-36/h3-16,19-20,25-26,37H,17-18H2,1-2H3,(H,34,38)/t25-,26+/m0/s1. The molecule has 0 bridgehead atoms. The summed E-state index contributed by atoms with van der Waals surface area (Å²) in [7, 11) is 0. The van der Waals surface area contributed by atoms with E-state index >= 15 is 0 Å². The molecule has 0 aliphatic heterocycles. The maximum absolute atomic E-state index is 13.9. The minimum atomic E-state index is -2.02. The van der Waals surface area contributed by atoms with Gasteiger partial charge in [0.15, 0.2) is 12.5 Å². The van der Waals surface area contributed by atoms with Crippen LogP contribution in [0.5, 0.6) is 0 Å². The number of alkyl halides is 1. The van der Waals surface area contributed by atoms with Crippen LogP contribution < -0.4 is 5.32 Å². The molecular weight excluding hydrogens is 486 g/mol. The van der Waals surface area contributed by atoms with Crippen LogP contribution in [0.1, 0.15) is 42.2 Å². The van der Waals surface area contributed by atoms with Gasteiger partial charge in [0.25, 0.3) is 5.91 Å². The molecule has 2 atom stereocenters. The van der Waals surface area contributed by atoms with Crippen LogP contribution >= 0.6 is 0 Å². The molecule has 0 aliphatic rings. The number of carbonyl (C=O) groups excluding carboxylic acids is 2. The summed E-state index contributed by atoms with van der Waals surface area (Å²) in [5, 5.41) is 13.2. The number of aliphatic hydroxyl groups excluding tert-OH is 1. The second-order valence-electron chi connectivity index (χ2n) is 9.42. The number of aromatic nitrogens is 1. The van der Waals surface area contributed by atoms with E-state index in [1.165, 1.54) is 12.1 Å². The van der Waals surface area contributed by atoms with E-state index in [0.717, 1.165) is 5.56 Å². The topological polar surface area (TPSA) is 71.3 Å². The fourth-order valence-corrected chi connectivity index (χ4v) is 4.72. The van der Waals surface area contributed by atoms with Gasteiger partial charge >= 0.3 is 0 Å². The molecule has 0 spiro atoms. The number of hydrogen-bond donors (Lipinski definition) is 2. The average molecular weight is 517 g/mol. The van der Waals surface area contributed by atoms with Crippen molar-refractivity contribution in [2.75, 3.05) is 5.32 Å². The van der Waals surface area contributed by atoms with Crippen molar-refractivity contribution >= 4 is 17.9 Å². The number of amides is 1. The van der Waals surface area contributed by atoms with E-state index in [2.05, 4.69) is 5.32 Å². The lowest BCUT2D eigenvalue weighted by Crippen LogP contribution is -2.25. The first-order chi connectivity index (χ1) is 18.3. The lowest BCUT2D eigenvalue weighted by molar-refractivity contribution is -0.115. The van der Waals surface area contributed by atoms with Crippen molar-refractivity contribution in [2.45, 2.75) is 45.0 Å². The number of benzene rings is 3. The molecule has 1 aromatic heterocycles. The molecule has 196 valence electrons. The number of anilines is 1. The van der Waals surface area contributed by atoms with Gasteiger partial charge in [-0.1, -0.05) is 62.4 Å². The summed E-state index contributed by atoms with van der Waals surface area (Å²) < 4.78 is 29.7. The van der Waals surface area contributed by atoms with Gasteiger partial charge in [0.1, 0.15) is 5.82 Å². The van der Waals surface area contributed by atoms with Crippen molar-refractivity contribution in [1.82, 2.24) is 4.57 Å². The normalized spacial score (nSPS) is 12.8. The molecule has 1 amide bonds. The molecule has 0 unspecified atom stereocenters. The van der Waals surface area contributed by atoms with Crippen LogP contribution in [-0.4, -0.2) is 34.1 Å². The van der Waals surface area contributed by atoms with Crippen molar-refractivity contribution in [3.8, 4) is 22.4 Å². The van der Waals surface area contributed by atoms with Gasteiger partial charge < -0.3 is 19.8 Å². The number of hydrogen-bond acceptors (Lipinski definition) is 3. The maximum atomic E-state index is 13.9. The van der Waals surface area contributed by atoms with Gasteiger partial charge in [-0.15, -0.1) is 0 Å². The van der Waals surface area contributed by atoms with Crippen LogP contribution in [0.15, 0.2) is 84.9 Å². The number of rotatable bonds is 10. The first kappa shape index (κ1) is 26.9. The van der Waals surface area contributed by atoms with Crippen LogP contribution in [0.25, 0.3) is 22.4 Å². The van der Waals surface area contributed by atoms with Gasteiger partial charge in [-0.05, 0) is 59.9 Å². The fraction of sp³-hybridized carbons (Fsp3) is 0.226. The van der Waals surface area contributed by atoms with E-state index in [4.69, 9.17) is 0 Å². The van der Waals surface area contributed by atoms with Crippen LogP contribution in [0.2, 0.25) is 0 Å². The molecule has 0 saturated heterocycles. The Balaban J connectivity index is 1.99. The summed E-state index contributed by atoms with van der Waals surface area (Å²) >= 11 is 0. The Bertz CT molecular complexity index is 1380. The Hall–Kier alpha value is -4.10. The highest BCUT2D eigenvalue weighted by molar-refractivity contribution is 6.12. The van der Waals surface area contributed by atoms with Crippen molar-refractivity contribution in [2.24, 2.45) is 0 Å². The smallest absolute Gasteiger partial charge is 0.258 e. The number of nitrogens with zero attached hydrogens (tertiary/aromatic N) is 1. The summed E-state index contributed by atoms with van der Waals surface area (Å²) in [4.78, 5) is 24.9. The average Bonchev–Trinajstić information content (AvgIpc) is 3.28. The molecule has 0 fully saturated rings. The molecule has 0 saturated carbocycles. The number of para-hydroxylation sites is 1. The van der Waals surface area contributed by atoms with Crippen molar-refractivity contribution in [1.29, 1.82) is 0 Å². The zero-order valence-electron chi connectivity index (χ0n) is 21.3. The molecule has 4 aromatic rings. The maximum Gasteiger partial charge on any atom is 0.258 e. The van der Waals surface area contributed by atoms with E-state index < -0.39 is 18.1 Å². The van der Waals surface area contributed by atoms with E-state index in [-0.39, 0.29) is 31.1 Å². The van der Waals surface area contributed by atoms with Crippen molar-refractivity contribution in [3.05, 3.63) is 102 Å². The third-order valence-electron chi connectivity index (χ3n) is 6.44. The molecule has 2 N–H and O–H groups in total. The molecule has 0 aliphatic carbocycles. The van der Waals surface area contributed by atoms with E-state index in [0.29, 0.717) is 33.8 Å². The molecule has 0 radical (unpaired) electrons. The zero-order chi connectivity index (χ0) is 27.2. The molecule has 1 heterocycles. The molecule has 5 nitrogen and oxygen atoms in total. The van der Waals surface area contributed by atoms with Crippen LogP contribution in [-0.2, 0) is 11.3 Å². The largest absolute Gasteiger partial charge is 0.390 e. The number of aliphatic hydroxyl groups is 1. The van der Waals surface area contributed by atoms with Crippen molar-refractivity contribution in [3.63, 3.8) is 0 Å². The first-order valence-electron chi connectivity index (χ1n) is 12.5. The SMILES string of the molecule is CC(C)c1c(C(=O)Nc2ccccc2)c(-c2ccccc2)c(-c2ccc(F)cc2)n1CC[C@@H](O)[C@@H](F)C=O. The predicted molar refractivity (Wildman–Crippen MR) is 145 cm³/mol. The Morgan fingerprint density at radius 3 is 2.13 bits per heavy atom. The lowest BCUT2D eigenvalue weighted by Gasteiger charge is -2.19. The van der Waals surface area contributed by atoms with Gasteiger partial charge in [0, 0.05) is 23.5 Å². The summed E-state index contributed by atoms with van der Waals surface area (Å²) in [6.45, 7) is 4.04. The molecule has 3 aromatic carbocycles.